The molecule has 2 rings (SSSR count). The van der Waals surface area contributed by atoms with Gasteiger partial charge in [-0.25, -0.2) is 0 Å². The van der Waals surface area contributed by atoms with Gasteiger partial charge in [0, 0.05) is 6.61 Å². The lowest BCUT2D eigenvalue weighted by Crippen LogP contribution is -2.04. The van der Waals surface area contributed by atoms with E-state index in [1.165, 1.54) is 18.2 Å². The Hall–Kier alpha value is -2.52. The number of hydrogen-bond donors (Lipinski definition) is 1. The van der Waals surface area contributed by atoms with E-state index in [9.17, 15) is 13.2 Å². The van der Waals surface area contributed by atoms with Crippen LogP contribution in [-0.2, 0) is 12.6 Å². The number of halogens is 3. The zero-order chi connectivity index (χ0) is 16.2. The Morgan fingerprint density at radius 2 is 1.91 bits per heavy atom. The molecular formula is C16H12F3NO2. The largest absolute Gasteiger partial charge is 0.456 e. The van der Waals surface area contributed by atoms with E-state index < -0.39 is 11.7 Å². The van der Waals surface area contributed by atoms with E-state index >= 15 is 0 Å². The molecule has 0 heterocycles. The van der Waals surface area contributed by atoms with Crippen molar-refractivity contribution in [2.75, 3.05) is 6.61 Å². The van der Waals surface area contributed by atoms with E-state index in [-0.39, 0.29) is 23.7 Å². The molecule has 0 aliphatic heterocycles. The first-order valence-electron chi connectivity index (χ1n) is 6.43. The second kappa shape index (κ2) is 6.50. The zero-order valence-corrected chi connectivity index (χ0v) is 11.4. The monoisotopic (exact) mass is 307 g/mol. The van der Waals surface area contributed by atoms with Crippen LogP contribution in [0.15, 0.2) is 42.5 Å². The van der Waals surface area contributed by atoms with Crippen LogP contribution in [0.4, 0.5) is 13.2 Å². The molecule has 0 unspecified atom stereocenters. The summed E-state index contributed by atoms with van der Waals surface area (Å²) in [7, 11) is 0. The van der Waals surface area contributed by atoms with Gasteiger partial charge < -0.3 is 9.84 Å². The van der Waals surface area contributed by atoms with E-state index in [4.69, 9.17) is 15.1 Å². The second-order valence-corrected chi connectivity index (χ2v) is 4.54. The van der Waals surface area contributed by atoms with Crippen LogP contribution in [0.3, 0.4) is 0 Å². The zero-order valence-electron chi connectivity index (χ0n) is 11.4. The summed E-state index contributed by atoms with van der Waals surface area (Å²) in [5.74, 6) is 0.171. The minimum atomic E-state index is -4.46. The van der Waals surface area contributed by atoms with Crippen LogP contribution < -0.4 is 4.74 Å². The molecule has 2 aromatic carbocycles. The Balaban J connectivity index is 2.29. The highest BCUT2D eigenvalue weighted by Crippen LogP contribution is 2.33. The van der Waals surface area contributed by atoms with Crippen LogP contribution in [-0.4, -0.2) is 11.7 Å². The van der Waals surface area contributed by atoms with Gasteiger partial charge in [-0.1, -0.05) is 12.1 Å². The molecule has 0 amide bonds. The van der Waals surface area contributed by atoms with Gasteiger partial charge in [-0.3, -0.25) is 0 Å². The molecule has 0 saturated heterocycles. The van der Waals surface area contributed by atoms with Crippen LogP contribution in [0.5, 0.6) is 11.5 Å². The van der Waals surface area contributed by atoms with E-state index in [1.54, 1.807) is 12.1 Å². The number of ether oxygens (including phenoxy) is 1. The molecule has 0 bridgehead atoms. The van der Waals surface area contributed by atoms with E-state index in [0.29, 0.717) is 6.42 Å². The second-order valence-electron chi connectivity index (χ2n) is 4.54. The maximum Gasteiger partial charge on any atom is 0.416 e. The van der Waals surface area contributed by atoms with Crippen molar-refractivity contribution in [2.24, 2.45) is 0 Å². The molecule has 0 radical (unpaired) electrons. The van der Waals surface area contributed by atoms with Crippen molar-refractivity contribution >= 4 is 0 Å². The van der Waals surface area contributed by atoms with E-state index in [2.05, 4.69) is 0 Å². The van der Waals surface area contributed by atoms with Gasteiger partial charge in [0.25, 0.3) is 0 Å². The highest BCUT2D eigenvalue weighted by Gasteiger charge is 2.30. The molecule has 22 heavy (non-hydrogen) atoms. The molecule has 6 heteroatoms. The van der Waals surface area contributed by atoms with Crippen molar-refractivity contribution in [3.63, 3.8) is 0 Å². The van der Waals surface area contributed by atoms with Gasteiger partial charge in [0.2, 0.25) is 0 Å². The van der Waals surface area contributed by atoms with E-state index in [0.717, 1.165) is 17.7 Å². The van der Waals surface area contributed by atoms with Gasteiger partial charge in [0.1, 0.15) is 17.6 Å². The van der Waals surface area contributed by atoms with Crippen LogP contribution in [0.1, 0.15) is 16.7 Å². The first kappa shape index (κ1) is 15.9. The molecular weight excluding hydrogens is 295 g/mol. The Morgan fingerprint density at radius 3 is 2.55 bits per heavy atom. The number of nitrogens with zero attached hydrogens (tertiary/aromatic N) is 1. The molecule has 0 fully saturated rings. The molecule has 3 nitrogen and oxygen atoms in total. The number of nitriles is 1. The maximum atomic E-state index is 12.7. The first-order valence-corrected chi connectivity index (χ1v) is 6.43. The first-order chi connectivity index (χ1) is 10.4. The average molecular weight is 307 g/mol. The highest BCUT2D eigenvalue weighted by atomic mass is 19.4. The van der Waals surface area contributed by atoms with Crippen LogP contribution in [0, 0.1) is 11.3 Å². The molecule has 1 N–H and O–H groups in total. The summed E-state index contributed by atoms with van der Waals surface area (Å²) >= 11 is 0. The fraction of sp³-hybridized carbons (Fsp3) is 0.188. The van der Waals surface area contributed by atoms with Gasteiger partial charge in [-0.05, 0) is 42.3 Å². The Kier molecular flexibility index (Phi) is 4.68. The Labute approximate surface area is 125 Å². The predicted octanol–water partition coefficient (Wildman–Crippen LogP) is 3.90. The third-order valence-electron chi connectivity index (χ3n) is 2.95. The summed E-state index contributed by atoms with van der Waals surface area (Å²) in [5.41, 5.74) is 0.124. The van der Waals surface area contributed by atoms with Gasteiger partial charge in [-0.2, -0.15) is 18.4 Å². The van der Waals surface area contributed by atoms with Crippen molar-refractivity contribution in [1.82, 2.24) is 0 Å². The minimum Gasteiger partial charge on any atom is -0.456 e. The summed E-state index contributed by atoms with van der Waals surface area (Å²) < 4.78 is 43.4. The summed E-state index contributed by atoms with van der Waals surface area (Å²) in [6.45, 7) is -0.0568. The minimum absolute atomic E-state index is 0.00114. The number of benzene rings is 2. The third-order valence-corrected chi connectivity index (χ3v) is 2.95. The smallest absolute Gasteiger partial charge is 0.416 e. The van der Waals surface area contributed by atoms with Crippen LogP contribution in [0.2, 0.25) is 0 Å². The molecule has 2 aromatic rings. The van der Waals surface area contributed by atoms with Crippen molar-refractivity contribution < 1.29 is 23.0 Å². The molecule has 0 aromatic heterocycles. The van der Waals surface area contributed by atoms with Crippen LogP contribution in [0.25, 0.3) is 0 Å². The third kappa shape index (κ3) is 3.77. The highest BCUT2D eigenvalue weighted by molar-refractivity contribution is 5.47. The van der Waals surface area contributed by atoms with E-state index in [1.807, 2.05) is 6.07 Å². The Morgan fingerprint density at radius 1 is 1.14 bits per heavy atom. The molecule has 0 atom stereocenters. The van der Waals surface area contributed by atoms with Crippen molar-refractivity contribution in [1.29, 1.82) is 5.26 Å². The fourth-order valence-electron chi connectivity index (χ4n) is 1.90. The number of rotatable bonds is 4. The summed E-state index contributed by atoms with van der Waals surface area (Å²) in [6.07, 6.45) is -4.07. The molecule has 114 valence electrons. The topological polar surface area (TPSA) is 53.2 Å². The number of hydrogen-bond acceptors (Lipinski definition) is 3. The van der Waals surface area contributed by atoms with Gasteiger partial charge in [0.05, 0.1) is 11.1 Å². The quantitative estimate of drug-likeness (QED) is 0.932. The normalized spacial score (nSPS) is 11.0. The summed E-state index contributed by atoms with van der Waals surface area (Å²) in [6, 6.07) is 11.1. The van der Waals surface area contributed by atoms with Crippen molar-refractivity contribution in [3.05, 3.63) is 59.2 Å². The standard InChI is InChI=1S/C16H12F3NO2/c17-16(18,19)13-2-1-3-14(9-13)22-15-5-4-11(6-7-21)8-12(15)10-20/h1-5,8-9,21H,6-7H2. The number of aliphatic hydroxyl groups excluding tert-OH is 1. The summed E-state index contributed by atoms with van der Waals surface area (Å²) in [5, 5.41) is 18.0. The lowest BCUT2D eigenvalue weighted by atomic mass is 10.1. The molecule has 0 saturated carbocycles. The maximum absolute atomic E-state index is 12.7. The number of aliphatic hydroxyl groups is 1. The van der Waals surface area contributed by atoms with Gasteiger partial charge >= 0.3 is 6.18 Å². The molecule has 0 aliphatic carbocycles. The average Bonchev–Trinajstić information content (AvgIpc) is 2.48. The fourth-order valence-corrected chi connectivity index (χ4v) is 1.90. The molecule has 0 spiro atoms. The lowest BCUT2D eigenvalue weighted by molar-refractivity contribution is -0.137. The Bertz CT molecular complexity index is 705. The lowest BCUT2D eigenvalue weighted by Gasteiger charge is -2.11. The van der Waals surface area contributed by atoms with Crippen LogP contribution >= 0.6 is 0 Å². The van der Waals surface area contributed by atoms with Gasteiger partial charge in [0.15, 0.2) is 0 Å². The summed E-state index contributed by atoms with van der Waals surface area (Å²) in [4.78, 5) is 0. The predicted molar refractivity (Wildman–Crippen MR) is 73.5 cm³/mol. The van der Waals surface area contributed by atoms with Crippen molar-refractivity contribution in [3.8, 4) is 17.6 Å². The number of alkyl halides is 3. The molecule has 0 aliphatic rings. The SMILES string of the molecule is N#Cc1cc(CCO)ccc1Oc1cccc(C(F)(F)F)c1. The van der Waals surface area contributed by atoms with Gasteiger partial charge in [-0.15, -0.1) is 0 Å². The van der Waals surface area contributed by atoms with Crippen molar-refractivity contribution in [2.45, 2.75) is 12.6 Å².